The fourth-order valence-electron chi connectivity index (χ4n) is 3.06. The molecule has 1 unspecified atom stereocenters. The molecule has 150 valence electrons. The van der Waals surface area contributed by atoms with E-state index in [1.54, 1.807) is 4.90 Å². The lowest BCUT2D eigenvalue weighted by Crippen LogP contribution is -2.49. The van der Waals surface area contributed by atoms with Crippen molar-refractivity contribution in [2.45, 2.75) is 31.7 Å². The number of nitro groups is 1. The van der Waals surface area contributed by atoms with Crippen LogP contribution in [0.25, 0.3) is 0 Å². The highest BCUT2D eigenvalue weighted by Gasteiger charge is 2.29. The number of hydrogen-bond acceptors (Lipinski definition) is 6. The Morgan fingerprint density at radius 2 is 2.15 bits per heavy atom. The molecule has 1 aliphatic heterocycles. The third kappa shape index (κ3) is 5.80. The van der Waals surface area contributed by atoms with E-state index in [1.165, 1.54) is 25.3 Å². The van der Waals surface area contributed by atoms with Gasteiger partial charge in [0.15, 0.2) is 5.75 Å². The molecule has 2 amide bonds. The lowest BCUT2D eigenvalue weighted by atomic mass is 10.0. The van der Waals surface area contributed by atoms with Crippen LogP contribution in [-0.2, 0) is 4.79 Å². The van der Waals surface area contributed by atoms with Gasteiger partial charge in [-0.2, -0.15) is 0 Å². The molecule has 0 spiro atoms. The second-order valence-electron chi connectivity index (χ2n) is 6.13. The molecular weight excluding hydrogens is 376 g/mol. The van der Waals surface area contributed by atoms with Crippen LogP contribution in [0.4, 0.5) is 5.69 Å². The van der Waals surface area contributed by atoms with Crippen molar-refractivity contribution < 1.29 is 19.2 Å². The number of nitrogens with zero attached hydrogens (tertiary/aromatic N) is 2. The van der Waals surface area contributed by atoms with Gasteiger partial charge in [-0.05, 0) is 25.3 Å². The molecular formula is C17H25ClN4O5. The molecule has 1 saturated heterocycles. The number of halogens is 1. The first kappa shape index (κ1) is 22.7. The predicted molar refractivity (Wildman–Crippen MR) is 102 cm³/mol. The highest BCUT2D eigenvalue weighted by atomic mass is 35.5. The summed E-state index contributed by atoms with van der Waals surface area (Å²) in [5.41, 5.74) is 5.51. The minimum atomic E-state index is -0.552. The zero-order valence-corrected chi connectivity index (χ0v) is 16.0. The molecule has 1 heterocycles. The largest absolute Gasteiger partial charge is 0.490 e. The molecule has 10 heteroatoms. The molecule has 0 radical (unpaired) electrons. The monoisotopic (exact) mass is 400 g/mol. The van der Waals surface area contributed by atoms with Gasteiger partial charge in [-0.3, -0.25) is 19.7 Å². The maximum Gasteiger partial charge on any atom is 0.310 e. The van der Waals surface area contributed by atoms with E-state index in [9.17, 15) is 19.7 Å². The molecule has 2 rings (SSSR count). The van der Waals surface area contributed by atoms with Crippen molar-refractivity contribution in [1.82, 2.24) is 10.2 Å². The zero-order valence-electron chi connectivity index (χ0n) is 15.2. The number of rotatable bonds is 7. The third-order valence-corrected chi connectivity index (χ3v) is 4.42. The normalized spacial score (nSPS) is 16.2. The Labute approximate surface area is 163 Å². The number of nitrogens with one attached hydrogen (secondary N) is 1. The van der Waals surface area contributed by atoms with Gasteiger partial charge in [0.25, 0.3) is 5.91 Å². The van der Waals surface area contributed by atoms with Gasteiger partial charge in [0.1, 0.15) is 0 Å². The number of nitro benzene ring substituents is 1. The second kappa shape index (κ2) is 10.7. The highest BCUT2D eigenvalue weighted by Crippen LogP contribution is 2.29. The van der Waals surface area contributed by atoms with Gasteiger partial charge in [-0.25, -0.2) is 0 Å². The number of likely N-dealkylation sites (tertiary alicyclic amines) is 1. The summed E-state index contributed by atoms with van der Waals surface area (Å²) in [4.78, 5) is 36.7. The van der Waals surface area contributed by atoms with Crippen LogP contribution in [-0.4, -0.2) is 54.4 Å². The minimum absolute atomic E-state index is 0. The maximum absolute atomic E-state index is 12.9. The van der Waals surface area contributed by atoms with E-state index in [0.29, 0.717) is 18.7 Å². The van der Waals surface area contributed by atoms with Crippen molar-refractivity contribution in [3.63, 3.8) is 0 Å². The number of piperidine rings is 1. The Morgan fingerprint density at radius 1 is 1.41 bits per heavy atom. The van der Waals surface area contributed by atoms with Gasteiger partial charge in [0, 0.05) is 49.8 Å². The second-order valence-corrected chi connectivity index (χ2v) is 6.13. The van der Waals surface area contributed by atoms with E-state index in [-0.39, 0.29) is 54.7 Å². The number of benzene rings is 1. The average molecular weight is 401 g/mol. The van der Waals surface area contributed by atoms with E-state index in [4.69, 9.17) is 10.5 Å². The molecule has 0 saturated carbocycles. The van der Waals surface area contributed by atoms with E-state index in [2.05, 4.69) is 5.32 Å². The van der Waals surface area contributed by atoms with Crippen molar-refractivity contribution in [3.05, 3.63) is 33.9 Å². The molecule has 0 aliphatic carbocycles. The van der Waals surface area contributed by atoms with Crippen molar-refractivity contribution in [2.75, 3.05) is 26.7 Å². The molecule has 1 aromatic rings. The average Bonchev–Trinajstić information content (AvgIpc) is 2.65. The van der Waals surface area contributed by atoms with Crippen LogP contribution in [0.2, 0.25) is 0 Å². The van der Waals surface area contributed by atoms with Crippen LogP contribution in [0, 0.1) is 10.1 Å². The fourth-order valence-corrected chi connectivity index (χ4v) is 3.06. The first-order valence-electron chi connectivity index (χ1n) is 8.58. The number of ether oxygens (including phenoxy) is 1. The molecule has 1 atom stereocenters. The predicted octanol–water partition coefficient (Wildman–Crippen LogP) is 1.48. The number of nitrogens with two attached hydrogens (primary N) is 1. The summed E-state index contributed by atoms with van der Waals surface area (Å²) in [7, 11) is 1.33. The number of amides is 2. The summed E-state index contributed by atoms with van der Waals surface area (Å²) in [5, 5.41) is 13.8. The summed E-state index contributed by atoms with van der Waals surface area (Å²) in [6, 6.07) is 3.98. The van der Waals surface area contributed by atoms with Gasteiger partial charge in [0.2, 0.25) is 5.91 Å². The summed E-state index contributed by atoms with van der Waals surface area (Å²) >= 11 is 0. The van der Waals surface area contributed by atoms with E-state index in [1.807, 2.05) is 0 Å². The Balaban J connectivity index is 0.00000364. The number of carbonyl (C=O) groups excluding carboxylic acids is 2. The van der Waals surface area contributed by atoms with Gasteiger partial charge >= 0.3 is 5.69 Å². The van der Waals surface area contributed by atoms with Crippen LogP contribution in [0.15, 0.2) is 18.2 Å². The molecule has 1 fully saturated rings. The number of carbonyl (C=O) groups is 2. The maximum atomic E-state index is 12.9. The molecule has 9 nitrogen and oxygen atoms in total. The van der Waals surface area contributed by atoms with Gasteiger partial charge in [-0.15, -0.1) is 12.4 Å². The van der Waals surface area contributed by atoms with Crippen LogP contribution < -0.4 is 15.8 Å². The lowest BCUT2D eigenvalue weighted by Gasteiger charge is -2.36. The van der Waals surface area contributed by atoms with Crippen LogP contribution in [0.1, 0.15) is 36.0 Å². The standard InChI is InChI=1S/C17H24N4O5.ClH/c1-26-15-10-12(5-6-14(15)21(24)25)17(23)20-9-3-2-4-13(20)11-19-16(22)7-8-18;/h5-6,10,13H,2-4,7-9,11,18H2,1H3,(H,19,22);1H. The Morgan fingerprint density at radius 3 is 2.78 bits per heavy atom. The summed E-state index contributed by atoms with van der Waals surface area (Å²) in [6.07, 6.45) is 2.90. The molecule has 3 N–H and O–H groups in total. The fraction of sp³-hybridized carbons (Fsp3) is 0.529. The molecule has 0 aromatic heterocycles. The van der Waals surface area contributed by atoms with Crippen molar-refractivity contribution >= 4 is 29.9 Å². The minimum Gasteiger partial charge on any atom is -0.490 e. The third-order valence-electron chi connectivity index (χ3n) is 4.42. The molecule has 1 aliphatic rings. The molecule has 0 bridgehead atoms. The van der Waals surface area contributed by atoms with Gasteiger partial charge in [-0.1, -0.05) is 0 Å². The van der Waals surface area contributed by atoms with Crippen molar-refractivity contribution in [2.24, 2.45) is 5.73 Å². The summed E-state index contributed by atoms with van der Waals surface area (Å²) in [5.74, 6) is -0.316. The van der Waals surface area contributed by atoms with E-state index >= 15 is 0 Å². The molecule has 27 heavy (non-hydrogen) atoms. The summed E-state index contributed by atoms with van der Waals surface area (Å²) < 4.78 is 5.04. The van der Waals surface area contributed by atoms with E-state index in [0.717, 1.165) is 19.3 Å². The van der Waals surface area contributed by atoms with Crippen LogP contribution in [0.5, 0.6) is 5.75 Å². The zero-order chi connectivity index (χ0) is 19.1. The molecule has 1 aromatic carbocycles. The van der Waals surface area contributed by atoms with Crippen LogP contribution in [0.3, 0.4) is 0 Å². The van der Waals surface area contributed by atoms with Gasteiger partial charge in [0.05, 0.1) is 12.0 Å². The quantitative estimate of drug-likeness (QED) is 0.527. The summed E-state index contributed by atoms with van der Waals surface area (Å²) in [6.45, 7) is 1.23. The van der Waals surface area contributed by atoms with Crippen molar-refractivity contribution in [1.29, 1.82) is 0 Å². The SMILES string of the molecule is COc1cc(C(=O)N2CCCCC2CNC(=O)CCN)ccc1[N+](=O)[O-].Cl. The first-order valence-corrected chi connectivity index (χ1v) is 8.58. The van der Waals surface area contributed by atoms with Crippen LogP contribution >= 0.6 is 12.4 Å². The van der Waals surface area contributed by atoms with E-state index < -0.39 is 4.92 Å². The smallest absolute Gasteiger partial charge is 0.310 e. The Kier molecular flexibility index (Phi) is 8.96. The Hall–Kier alpha value is -2.39. The first-order chi connectivity index (χ1) is 12.5. The highest BCUT2D eigenvalue weighted by molar-refractivity contribution is 5.95. The lowest BCUT2D eigenvalue weighted by molar-refractivity contribution is -0.385. The van der Waals surface area contributed by atoms with Crippen molar-refractivity contribution in [3.8, 4) is 5.75 Å². The topological polar surface area (TPSA) is 128 Å². The van der Waals surface area contributed by atoms with Gasteiger partial charge < -0.3 is 20.7 Å². The number of hydrogen-bond donors (Lipinski definition) is 2. The number of methoxy groups -OCH3 is 1. The Bertz CT molecular complexity index is 685.